The number of carbonyl (C=O) groups is 1. The predicted octanol–water partition coefficient (Wildman–Crippen LogP) is 3.60. The molecule has 2 atom stereocenters. The quantitative estimate of drug-likeness (QED) is 0.693. The largest absolute Gasteiger partial charge is 0.573 e. The Morgan fingerprint density at radius 1 is 1.13 bits per heavy atom. The molecular weight excluding hydrogens is 413 g/mol. The molecule has 4 rings (SSSR count). The Balaban J connectivity index is 1.54. The van der Waals surface area contributed by atoms with Crippen molar-refractivity contribution in [3.8, 4) is 11.5 Å². The zero-order valence-electron chi connectivity index (χ0n) is 17.0. The summed E-state index contributed by atoms with van der Waals surface area (Å²) in [4.78, 5) is 17.2. The number of fused-ring (bicyclic) bond motifs is 3. The Bertz CT molecular complexity index is 920. The molecule has 9 heteroatoms. The normalized spacial score (nSPS) is 21.3. The van der Waals surface area contributed by atoms with Crippen molar-refractivity contribution in [3.05, 3.63) is 54.1 Å². The highest BCUT2D eigenvalue weighted by atomic mass is 19.4. The van der Waals surface area contributed by atoms with Gasteiger partial charge in [-0.3, -0.25) is 9.69 Å². The fraction of sp³-hybridized carbons (Fsp3) is 0.409. The zero-order chi connectivity index (χ0) is 22.0. The molecule has 0 aliphatic carbocycles. The van der Waals surface area contributed by atoms with Gasteiger partial charge in [-0.2, -0.15) is 0 Å². The first-order valence-corrected chi connectivity index (χ1v) is 9.99. The average molecular weight is 436 g/mol. The van der Waals surface area contributed by atoms with Crippen LogP contribution in [0.25, 0.3) is 0 Å². The van der Waals surface area contributed by atoms with Crippen molar-refractivity contribution in [2.75, 3.05) is 31.7 Å². The van der Waals surface area contributed by atoms with Crippen molar-refractivity contribution in [2.24, 2.45) is 0 Å². The third-order valence-corrected chi connectivity index (χ3v) is 5.43. The number of rotatable bonds is 6. The number of alkyl halides is 3. The van der Waals surface area contributed by atoms with Gasteiger partial charge in [0.1, 0.15) is 17.6 Å². The molecule has 0 N–H and O–H groups in total. The number of benzene rings is 2. The molecule has 1 fully saturated rings. The van der Waals surface area contributed by atoms with Crippen molar-refractivity contribution >= 4 is 11.6 Å². The molecule has 1 saturated heterocycles. The van der Waals surface area contributed by atoms with Gasteiger partial charge >= 0.3 is 6.36 Å². The number of amides is 1. The van der Waals surface area contributed by atoms with E-state index in [0.717, 1.165) is 11.3 Å². The number of hydrogen-bond donors (Lipinski definition) is 0. The lowest BCUT2D eigenvalue weighted by Crippen LogP contribution is -2.47. The van der Waals surface area contributed by atoms with Crippen molar-refractivity contribution in [2.45, 2.75) is 31.5 Å². The van der Waals surface area contributed by atoms with E-state index in [1.54, 1.807) is 24.1 Å². The van der Waals surface area contributed by atoms with Gasteiger partial charge in [-0.05, 0) is 29.8 Å². The molecule has 2 bridgehead atoms. The molecular formula is C22H23F3N2O4. The molecule has 0 saturated carbocycles. The number of likely N-dealkylation sites (tertiary alicyclic amines) is 1. The Morgan fingerprint density at radius 2 is 1.87 bits per heavy atom. The van der Waals surface area contributed by atoms with Gasteiger partial charge in [-0.15, -0.1) is 13.2 Å². The molecule has 2 aliphatic rings. The van der Waals surface area contributed by atoms with E-state index in [-0.39, 0.29) is 23.8 Å². The second-order valence-electron chi connectivity index (χ2n) is 7.56. The predicted molar refractivity (Wildman–Crippen MR) is 107 cm³/mol. The molecule has 2 aromatic rings. The van der Waals surface area contributed by atoms with Crippen LogP contribution in [-0.4, -0.2) is 56.1 Å². The van der Waals surface area contributed by atoms with Crippen LogP contribution in [0.15, 0.2) is 48.5 Å². The Hall–Kier alpha value is -2.78. The summed E-state index contributed by atoms with van der Waals surface area (Å²) >= 11 is 0. The van der Waals surface area contributed by atoms with Gasteiger partial charge in [-0.1, -0.05) is 24.3 Å². The summed E-state index contributed by atoms with van der Waals surface area (Å²) in [5.74, 6) is 0.351. The summed E-state index contributed by atoms with van der Waals surface area (Å²) in [5.41, 5.74) is 1.50. The number of para-hydroxylation sites is 2. The van der Waals surface area contributed by atoms with Gasteiger partial charge in [0.05, 0.1) is 18.3 Å². The van der Waals surface area contributed by atoms with Crippen LogP contribution >= 0.6 is 0 Å². The lowest BCUT2D eigenvalue weighted by atomic mass is 10.1. The fourth-order valence-corrected chi connectivity index (χ4v) is 4.08. The number of anilines is 1. The Labute approximate surface area is 178 Å². The SMILES string of the molecule is COCCN1C(=O)C2CC(CN2Cc2ccc(OC(F)(F)F)cc2)Oc2ccccc21. The molecule has 0 spiro atoms. The first-order chi connectivity index (χ1) is 14.8. The van der Waals surface area contributed by atoms with E-state index in [2.05, 4.69) is 4.74 Å². The van der Waals surface area contributed by atoms with E-state index < -0.39 is 6.36 Å². The molecule has 0 radical (unpaired) electrons. The van der Waals surface area contributed by atoms with E-state index >= 15 is 0 Å². The number of methoxy groups -OCH3 is 1. The van der Waals surface area contributed by atoms with Crippen LogP contribution in [0.4, 0.5) is 18.9 Å². The lowest BCUT2D eigenvalue weighted by Gasteiger charge is -2.31. The third-order valence-electron chi connectivity index (χ3n) is 5.43. The van der Waals surface area contributed by atoms with Crippen LogP contribution < -0.4 is 14.4 Å². The van der Waals surface area contributed by atoms with Crippen LogP contribution in [-0.2, 0) is 16.1 Å². The van der Waals surface area contributed by atoms with Crippen molar-refractivity contribution in [1.29, 1.82) is 0 Å². The van der Waals surface area contributed by atoms with Gasteiger partial charge in [0.25, 0.3) is 0 Å². The molecule has 2 unspecified atom stereocenters. The van der Waals surface area contributed by atoms with Crippen LogP contribution in [0.5, 0.6) is 11.5 Å². The zero-order valence-corrected chi connectivity index (χ0v) is 17.0. The first kappa shape index (κ1) is 21.5. The number of carbonyl (C=O) groups excluding carboxylic acids is 1. The summed E-state index contributed by atoms with van der Waals surface area (Å²) in [6, 6.07) is 12.8. The van der Waals surface area contributed by atoms with Crippen LogP contribution in [0, 0.1) is 0 Å². The van der Waals surface area contributed by atoms with Gasteiger partial charge in [0, 0.05) is 33.2 Å². The van der Waals surface area contributed by atoms with Crippen LogP contribution in [0.2, 0.25) is 0 Å². The minimum Gasteiger partial charge on any atom is -0.487 e. The minimum atomic E-state index is -4.73. The van der Waals surface area contributed by atoms with Crippen LogP contribution in [0.1, 0.15) is 12.0 Å². The number of nitrogens with zero attached hydrogens (tertiary/aromatic N) is 2. The monoisotopic (exact) mass is 436 g/mol. The summed E-state index contributed by atoms with van der Waals surface area (Å²) in [7, 11) is 1.58. The molecule has 0 aromatic heterocycles. The van der Waals surface area contributed by atoms with E-state index in [0.29, 0.717) is 38.4 Å². The molecule has 6 nitrogen and oxygen atoms in total. The highest BCUT2D eigenvalue weighted by Gasteiger charge is 2.42. The van der Waals surface area contributed by atoms with Crippen molar-refractivity contribution in [3.63, 3.8) is 0 Å². The summed E-state index contributed by atoms with van der Waals surface area (Å²) in [6.45, 7) is 1.74. The minimum absolute atomic E-state index is 0.0349. The maximum Gasteiger partial charge on any atom is 0.573 e. The van der Waals surface area contributed by atoms with Crippen LogP contribution in [0.3, 0.4) is 0 Å². The maximum absolute atomic E-state index is 13.5. The van der Waals surface area contributed by atoms with Gasteiger partial charge in [0.15, 0.2) is 0 Å². The molecule has 2 aliphatic heterocycles. The third kappa shape index (κ3) is 4.94. The molecule has 2 aromatic carbocycles. The fourth-order valence-electron chi connectivity index (χ4n) is 4.08. The Kier molecular flexibility index (Phi) is 6.06. The smallest absolute Gasteiger partial charge is 0.487 e. The summed E-state index contributed by atoms with van der Waals surface area (Å²) in [5, 5.41) is 0. The highest BCUT2D eigenvalue weighted by Crippen LogP contribution is 2.36. The second-order valence-corrected chi connectivity index (χ2v) is 7.56. The average Bonchev–Trinajstić information content (AvgIpc) is 3.12. The van der Waals surface area contributed by atoms with Crippen molar-refractivity contribution in [1.82, 2.24) is 4.90 Å². The number of halogens is 3. The van der Waals surface area contributed by atoms with Gasteiger partial charge in [0.2, 0.25) is 5.91 Å². The topological polar surface area (TPSA) is 51.2 Å². The highest BCUT2D eigenvalue weighted by molar-refractivity contribution is 5.99. The first-order valence-electron chi connectivity index (χ1n) is 9.99. The summed E-state index contributed by atoms with van der Waals surface area (Å²) < 4.78 is 52.5. The number of hydrogen-bond acceptors (Lipinski definition) is 5. The van der Waals surface area contributed by atoms with E-state index in [1.807, 2.05) is 29.2 Å². The molecule has 2 heterocycles. The molecule has 31 heavy (non-hydrogen) atoms. The van der Waals surface area contributed by atoms with E-state index in [9.17, 15) is 18.0 Å². The maximum atomic E-state index is 13.5. The standard InChI is InChI=1S/C22H23F3N2O4/c1-29-11-10-27-18-4-2-3-5-20(18)30-17-12-19(21(27)28)26(14-17)13-15-6-8-16(9-7-15)31-22(23,24)25/h2-9,17,19H,10-14H2,1H3. The Morgan fingerprint density at radius 3 is 2.58 bits per heavy atom. The summed E-state index contributed by atoms with van der Waals surface area (Å²) in [6.07, 6.45) is -4.33. The number of ether oxygens (including phenoxy) is 3. The lowest BCUT2D eigenvalue weighted by molar-refractivity contribution is -0.274. The molecule has 1 amide bonds. The molecule has 166 valence electrons. The van der Waals surface area contributed by atoms with Gasteiger partial charge < -0.3 is 19.1 Å². The van der Waals surface area contributed by atoms with Crippen molar-refractivity contribution < 1.29 is 32.2 Å². The second kappa shape index (κ2) is 8.76. The van der Waals surface area contributed by atoms with Gasteiger partial charge in [-0.25, -0.2) is 0 Å². The van der Waals surface area contributed by atoms with E-state index in [1.165, 1.54) is 12.1 Å². The van der Waals surface area contributed by atoms with E-state index in [4.69, 9.17) is 9.47 Å².